The van der Waals surface area contributed by atoms with Gasteiger partial charge in [-0.2, -0.15) is 8.42 Å². The maximum atomic E-state index is 15.1. The lowest BCUT2D eigenvalue weighted by molar-refractivity contribution is -0.384. The minimum absolute atomic E-state index is 0.0308. The topological polar surface area (TPSA) is 150 Å². The van der Waals surface area contributed by atoms with Crippen LogP contribution in [0.25, 0.3) is 10.9 Å². The summed E-state index contributed by atoms with van der Waals surface area (Å²) in [6, 6.07) is 16.0. The van der Waals surface area contributed by atoms with Crippen molar-refractivity contribution < 1.29 is 32.1 Å². The van der Waals surface area contributed by atoms with Gasteiger partial charge >= 0.3 is 5.91 Å². The number of aromatic amines is 1. The van der Waals surface area contributed by atoms with Crippen molar-refractivity contribution in [3.05, 3.63) is 94.4 Å². The van der Waals surface area contributed by atoms with Gasteiger partial charge in [0, 0.05) is 92.3 Å². The number of ether oxygens (including phenoxy) is 1. The van der Waals surface area contributed by atoms with Crippen LogP contribution in [0.1, 0.15) is 48.9 Å². The Kier molecular flexibility index (Phi) is 10.2. The zero-order chi connectivity index (χ0) is 35.5. The van der Waals surface area contributed by atoms with E-state index in [-0.39, 0.29) is 21.8 Å². The summed E-state index contributed by atoms with van der Waals surface area (Å²) < 4.78 is 48.8. The fraction of sp³-hybridized carbons (Fsp3) is 0.417. The molecule has 270 valence electrons. The van der Waals surface area contributed by atoms with Gasteiger partial charge in [0.25, 0.3) is 15.7 Å². The fourth-order valence-electron chi connectivity index (χ4n) is 7.46. The Bertz CT molecular complexity index is 1970. The Hall–Kier alpha value is -4.57. The third-order valence-corrected chi connectivity index (χ3v) is 11.8. The number of sulfonamides is 1. The lowest BCUT2D eigenvalue weighted by atomic mass is 9.89. The zero-order valence-electron chi connectivity index (χ0n) is 28.1. The van der Waals surface area contributed by atoms with E-state index in [0.29, 0.717) is 23.0 Å². The standard InChI is InChI=1S/C36H41FN6O7S/c37-31-24-33-26(12-15-38-33)22-35(31)50-43(36(44)25-4-2-1-3-5-25)51(47,48)30-10-11-32(34(23-30)42(45)46)39-27-6-8-28(9-7-27)40-16-18-41(19-17-40)29-13-20-49-21-14-29/h1-5,10-12,15,22-24,27-29,38-39H,6-9,13-14,16-21H2. The third-order valence-electron chi connectivity index (χ3n) is 10.3. The van der Waals surface area contributed by atoms with Crippen molar-refractivity contribution in [1.29, 1.82) is 0 Å². The van der Waals surface area contributed by atoms with Crippen LogP contribution in [0.5, 0.6) is 5.75 Å². The molecule has 3 fully saturated rings. The Labute approximate surface area is 295 Å². The van der Waals surface area contributed by atoms with Crippen molar-refractivity contribution in [1.82, 2.24) is 19.3 Å². The molecule has 1 saturated carbocycles. The Balaban J connectivity index is 1.06. The number of carbonyl (C=O) groups is 1. The third kappa shape index (κ3) is 7.56. The molecule has 2 saturated heterocycles. The predicted octanol–water partition coefficient (Wildman–Crippen LogP) is 5.56. The number of benzene rings is 3. The van der Waals surface area contributed by atoms with E-state index >= 15 is 4.39 Å². The van der Waals surface area contributed by atoms with E-state index in [2.05, 4.69) is 20.1 Å². The van der Waals surface area contributed by atoms with Gasteiger partial charge in [0.1, 0.15) is 5.69 Å². The minimum Gasteiger partial charge on any atom is -0.381 e. The SMILES string of the molecule is O=C(c1ccccc1)N(Oc1cc2cc[nH]c2cc1F)S(=O)(=O)c1ccc(NC2CCC(N3CCN(C4CCOCC4)CC3)CC2)c([N+](=O)[O-])c1. The molecule has 3 aliphatic rings. The maximum Gasteiger partial charge on any atom is 0.302 e. The molecule has 51 heavy (non-hydrogen) atoms. The summed E-state index contributed by atoms with van der Waals surface area (Å²) in [5, 5.41) is 16.1. The molecule has 3 heterocycles. The van der Waals surface area contributed by atoms with Gasteiger partial charge in [0.05, 0.1) is 9.82 Å². The fourth-order valence-corrected chi connectivity index (χ4v) is 8.66. The van der Waals surface area contributed by atoms with Crippen LogP contribution in [0.15, 0.2) is 77.8 Å². The highest BCUT2D eigenvalue weighted by atomic mass is 32.2. The first-order valence-corrected chi connectivity index (χ1v) is 18.8. The summed E-state index contributed by atoms with van der Waals surface area (Å²) in [6.45, 7) is 5.85. The van der Waals surface area contributed by atoms with Crippen molar-refractivity contribution in [2.24, 2.45) is 0 Å². The van der Waals surface area contributed by atoms with Crippen LogP contribution in [0.2, 0.25) is 0 Å². The number of aromatic nitrogens is 1. The van der Waals surface area contributed by atoms with Crippen molar-refractivity contribution in [3.63, 3.8) is 0 Å². The number of amides is 1. The number of nitro benzene ring substituents is 1. The molecule has 0 spiro atoms. The summed E-state index contributed by atoms with van der Waals surface area (Å²) in [4.78, 5) is 38.2. The van der Waals surface area contributed by atoms with E-state index in [0.717, 1.165) is 90.1 Å². The molecular formula is C36H41FN6O7S. The van der Waals surface area contributed by atoms with E-state index in [1.807, 2.05) is 0 Å². The molecule has 0 bridgehead atoms. The van der Waals surface area contributed by atoms with E-state index in [1.165, 1.54) is 42.5 Å². The minimum atomic E-state index is -4.90. The second-order valence-corrected chi connectivity index (χ2v) is 15.1. The van der Waals surface area contributed by atoms with E-state index in [1.54, 1.807) is 18.3 Å². The van der Waals surface area contributed by atoms with Gasteiger partial charge in [0.2, 0.25) is 0 Å². The molecule has 2 N–H and O–H groups in total. The van der Waals surface area contributed by atoms with Crippen LogP contribution in [0, 0.1) is 15.9 Å². The second kappa shape index (κ2) is 15.0. The van der Waals surface area contributed by atoms with Crippen molar-refractivity contribution in [2.75, 3.05) is 44.7 Å². The molecule has 0 unspecified atom stereocenters. The number of rotatable bonds is 10. The summed E-state index contributed by atoms with van der Waals surface area (Å²) in [7, 11) is -4.90. The monoisotopic (exact) mass is 720 g/mol. The van der Waals surface area contributed by atoms with E-state index in [4.69, 9.17) is 9.57 Å². The molecule has 1 aliphatic carbocycles. The molecule has 0 radical (unpaired) electrons. The summed E-state index contributed by atoms with van der Waals surface area (Å²) in [5.41, 5.74) is 0.112. The van der Waals surface area contributed by atoms with Crippen molar-refractivity contribution in [2.45, 2.75) is 61.5 Å². The lowest BCUT2D eigenvalue weighted by Crippen LogP contribution is -2.54. The maximum absolute atomic E-state index is 15.1. The average Bonchev–Trinajstić information content (AvgIpc) is 3.61. The molecular weight excluding hydrogens is 679 g/mol. The number of carbonyl (C=O) groups excluding carboxylic acids is 1. The molecule has 1 amide bonds. The average molecular weight is 721 g/mol. The normalized spacial score (nSPS) is 21.0. The Morgan fingerprint density at radius 3 is 2.25 bits per heavy atom. The van der Waals surface area contributed by atoms with Crippen LogP contribution >= 0.6 is 0 Å². The molecule has 1 aromatic heterocycles. The number of H-pyrrole nitrogens is 1. The molecule has 3 aromatic carbocycles. The summed E-state index contributed by atoms with van der Waals surface area (Å²) in [5.74, 6) is -2.53. The highest BCUT2D eigenvalue weighted by Crippen LogP contribution is 2.34. The Morgan fingerprint density at radius 1 is 0.922 bits per heavy atom. The van der Waals surface area contributed by atoms with Gasteiger partial charge in [-0.25, -0.2) is 4.39 Å². The van der Waals surface area contributed by atoms with E-state index < -0.39 is 43.0 Å². The van der Waals surface area contributed by atoms with Crippen LogP contribution in [0.3, 0.4) is 0 Å². The van der Waals surface area contributed by atoms with Gasteiger partial charge < -0.3 is 19.9 Å². The molecule has 13 nitrogen and oxygen atoms in total. The van der Waals surface area contributed by atoms with Gasteiger partial charge in [-0.15, -0.1) is 0 Å². The highest BCUT2D eigenvalue weighted by Gasteiger charge is 2.36. The first-order valence-electron chi connectivity index (χ1n) is 17.4. The predicted molar refractivity (Wildman–Crippen MR) is 188 cm³/mol. The van der Waals surface area contributed by atoms with Gasteiger partial charge in [-0.1, -0.05) is 22.7 Å². The van der Waals surface area contributed by atoms with E-state index in [9.17, 15) is 23.3 Å². The largest absolute Gasteiger partial charge is 0.381 e. The molecule has 15 heteroatoms. The van der Waals surface area contributed by atoms with Crippen LogP contribution in [0.4, 0.5) is 15.8 Å². The van der Waals surface area contributed by atoms with Crippen LogP contribution in [-0.2, 0) is 14.8 Å². The molecule has 7 rings (SSSR count). The van der Waals surface area contributed by atoms with Gasteiger partial charge in [0.15, 0.2) is 11.6 Å². The quantitative estimate of drug-likeness (QED) is 0.158. The highest BCUT2D eigenvalue weighted by molar-refractivity contribution is 7.89. The van der Waals surface area contributed by atoms with Gasteiger partial charge in [-0.05, 0) is 74.9 Å². The smallest absolute Gasteiger partial charge is 0.302 e. The molecule has 0 atom stereocenters. The van der Waals surface area contributed by atoms with Crippen molar-refractivity contribution in [3.8, 4) is 5.75 Å². The summed E-state index contributed by atoms with van der Waals surface area (Å²) >= 11 is 0. The van der Waals surface area contributed by atoms with Crippen molar-refractivity contribution >= 4 is 38.2 Å². The number of fused-ring (bicyclic) bond motifs is 1. The number of hydrogen-bond acceptors (Lipinski definition) is 10. The molecule has 2 aliphatic heterocycles. The van der Waals surface area contributed by atoms with Crippen LogP contribution < -0.4 is 10.2 Å². The Morgan fingerprint density at radius 2 is 1.59 bits per heavy atom. The zero-order valence-corrected chi connectivity index (χ0v) is 28.9. The number of halogens is 1. The number of piperazine rings is 1. The number of nitrogens with zero attached hydrogens (tertiary/aromatic N) is 4. The number of hydrogen-bond donors (Lipinski definition) is 2. The van der Waals surface area contributed by atoms with Gasteiger partial charge in [-0.3, -0.25) is 24.7 Å². The number of nitrogens with one attached hydrogen (secondary N) is 2. The summed E-state index contributed by atoms with van der Waals surface area (Å²) in [6.07, 6.45) is 7.30. The molecule has 4 aromatic rings. The number of hydroxylamine groups is 1. The van der Waals surface area contributed by atoms with Crippen LogP contribution in [-0.4, -0.2) is 96.0 Å². The first-order chi connectivity index (χ1) is 24.7. The lowest BCUT2D eigenvalue weighted by Gasteiger charge is -2.45. The number of anilines is 1. The first kappa shape index (κ1) is 34.9. The number of nitro groups is 1. The second-order valence-electron chi connectivity index (χ2n) is 13.3.